The van der Waals surface area contributed by atoms with Gasteiger partial charge in [-0.3, -0.25) is 9.59 Å². The first kappa shape index (κ1) is 20.2. The monoisotopic (exact) mass is 436 g/mol. The largest absolute Gasteiger partial charge is 0.485 e. The second-order valence-corrected chi connectivity index (χ2v) is 7.98. The second kappa shape index (κ2) is 8.10. The molecule has 4 heterocycles. The molecule has 0 radical (unpaired) electrons. The summed E-state index contributed by atoms with van der Waals surface area (Å²) in [4.78, 5) is 38.0. The van der Waals surface area contributed by atoms with Crippen LogP contribution in [-0.2, 0) is 16.0 Å². The number of piperazine rings is 1. The van der Waals surface area contributed by atoms with E-state index in [9.17, 15) is 9.59 Å². The minimum Gasteiger partial charge on any atom is -0.485 e. The number of para-hydroxylation sites is 2. The first-order chi connectivity index (χ1) is 15.5. The van der Waals surface area contributed by atoms with Crippen molar-refractivity contribution < 1.29 is 19.1 Å². The molecule has 2 aliphatic heterocycles. The van der Waals surface area contributed by atoms with Gasteiger partial charge in [-0.1, -0.05) is 12.1 Å². The number of carbonyl (C=O) groups excluding carboxylic acids is 2. The summed E-state index contributed by atoms with van der Waals surface area (Å²) in [5.74, 6) is 1.65. The molecule has 0 aliphatic carbocycles. The third-order valence-corrected chi connectivity index (χ3v) is 6.04. The Morgan fingerprint density at radius 3 is 2.56 bits per heavy atom. The fourth-order valence-corrected chi connectivity index (χ4v) is 4.20. The van der Waals surface area contributed by atoms with Crippen LogP contribution < -0.4 is 9.47 Å². The zero-order chi connectivity index (χ0) is 22.2. The lowest BCUT2D eigenvalue weighted by Gasteiger charge is -2.37. The molecule has 3 aromatic rings. The van der Waals surface area contributed by atoms with Gasteiger partial charge in [0.1, 0.15) is 12.9 Å². The number of ether oxygens (including phenoxy) is 2. The van der Waals surface area contributed by atoms with E-state index in [2.05, 4.69) is 15.1 Å². The summed E-state index contributed by atoms with van der Waals surface area (Å²) in [6.45, 7) is 5.86. The molecule has 0 saturated carbocycles. The van der Waals surface area contributed by atoms with E-state index in [0.29, 0.717) is 43.5 Å². The number of carbonyl (C=O) groups is 2. The SMILES string of the molecule is Cc1nc2ncnn2c(C)c1CC(=O)N1CCN(C(=O)[C@@H]2COc3ccccc3O2)CC1. The van der Waals surface area contributed by atoms with Crippen LogP contribution in [0.3, 0.4) is 0 Å². The zero-order valence-electron chi connectivity index (χ0n) is 18.0. The fraction of sp³-hybridized carbons (Fsp3) is 0.409. The number of hydrogen-bond donors (Lipinski definition) is 0. The molecule has 1 saturated heterocycles. The van der Waals surface area contributed by atoms with Crippen molar-refractivity contribution in [1.82, 2.24) is 29.4 Å². The van der Waals surface area contributed by atoms with Crippen molar-refractivity contribution >= 4 is 17.6 Å². The Balaban J connectivity index is 1.20. The zero-order valence-corrected chi connectivity index (χ0v) is 18.0. The van der Waals surface area contributed by atoms with Crippen molar-refractivity contribution in [2.24, 2.45) is 0 Å². The van der Waals surface area contributed by atoms with E-state index < -0.39 is 6.10 Å². The standard InChI is InChI=1S/C22H24N6O4/c1-14-16(15(2)28-22(25-14)23-13-24-28)11-20(29)26-7-9-27(10-8-26)21(30)19-12-31-17-5-3-4-6-18(17)32-19/h3-6,13,19H,7-12H2,1-2H3/t19-/m0/s1. The Hall–Kier alpha value is -3.69. The molecule has 2 amide bonds. The topological polar surface area (TPSA) is 102 Å². The lowest BCUT2D eigenvalue weighted by Crippen LogP contribution is -2.55. The van der Waals surface area contributed by atoms with Crippen LogP contribution in [0.2, 0.25) is 0 Å². The number of aryl methyl sites for hydroxylation is 2. The van der Waals surface area contributed by atoms with Gasteiger partial charge in [0.2, 0.25) is 12.0 Å². The summed E-state index contributed by atoms with van der Waals surface area (Å²) in [5, 5.41) is 4.18. The van der Waals surface area contributed by atoms with Gasteiger partial charge in [0.15, 0.2) is 11.5 Å². The maximum Gasteiger partial charge on any atom is 0.267 e. The van der Waals surface area contributed by atoms with E-state index >= 15 is 0 Å². The van der Waals surface area contributed by atoms with E-state index in [4.69, 9.17) is 9.47 Å². The Labute approximate surface area is 184 Å². The molecule has 2 aromatic heterocycles. The van der Waals surface area contributed by atoms with E-state index in [1.165, 1.54) is 6.33 Å². The van der Waals surface area contributed by atoms with Crippen LogP contribution in [0.1, 0.15) is 17.0 Å². The molecule has 0 bridgehead atoms. The highest BCUT2D eigenvalue weighted by atomic mass is 16.6. The van der Waals surface area contributed by atoms with E-state index in [1.807, 2.05) is 32.0 Å². The molecular formula is C22H24N6O4. The third-order valence-electron chi connectivity index (χ3n) is 6.04. The molecule has 10 heteroatoms. The van der Waals surface area contributed by atoms with Crippen LogP contribution >= 0.6 is 0 Å². The number of nitrogens with zero attached hydrogens (tertiary/aromatic N) is 6. The van der Waals surface area contributed by atoms with Gasteiger partial charge in [0, 0.05) is 43.1 Å². The van der Waals surface area contributed by atoms with Gasteiger partial charge in [-0.2, -0.15) is 10.1 Å². The summed E-state index contributed by atoms with van der Waals surface area (Å²) >= 11 is 0. The summed E-state index contributed by atoms with van der Waals surface area (Å²) < 4.78 is 13.2. The van der Waals surface area contributed by atoms with Gasteiger partial charge in [-0.05, 0) is 26.0 Å². The average molecular weight is 436 g/mol. The molecule has 0 spiro atoms. The molecule has 1 fully saturated rings. The normalized spacial score (nSPS) is 18.1. The van der Waals surface area contributed by atoms with Crippen molar-refractivity contribution in [3.63, 3.8) is 0 Å². The van der Waals surface area contributed by atoms with Gasteiger partial charge in [0.25, 0.3) is 11.7 Å². The number of aromatic nitrogens is 4. The van der Waals surface area contributed by atoms with Crippen LogP contribution in [-0.4, -0.2) is 80.1 Å². The number of rotatable bonds is 3. The molecular weight excluding hydrogens is 412 g/mol. The summed E-state index contributed by atoms with van der Waals surface area (Å²) in [6.07, 6.45) is 1.03. The van der Waals surface area contributed by atoms with Crippen molar-refractivity contribution in [2.75, 3.05) is 32.8 Å². The Kier molecular flexibility index (Phi) is 5.12. The predicted octanol–water partition coefficient (Wildman–Crippen LogP) is 0.794. The van der Waals surface area contributed by atoms with Crippen LogP contribution in [0, 0.1) is 13.8 Å². The van der Waals surface area contributed by atoms with Crippen LogP contribution in [0.15, 0.2) is 30.6 Å². The Morgan fingerprint density at radius 2 is 1.78 bits per heavy atom. The van der Waals surface area contributed by atoms with Crippen LogP contribution in [0.4, 0.5) is 0 Å². The van der Waals surface area contributed by atoms with Crippen molar-refractivity contribution in [3.05, 3.63) is 47.5 Å². The number of amides is 2. The molecule has 1 atom stereocenters. The second-order valence-electron chi connectivity index (χ2n) is 7.98. The quantitative estimate of drug-likeness (QED) is 0.598. The summed E-state index contributed by atoms with van der Waals surface area (Å²) in [5.41, 5.74) is 2.50. The Bertz CT molecular complexity index is 1180. The lowest BCUT2D eigenvalue weighted by molar-refractivity contribution is -0.146. The van der Waals surface area contributed by atoms with Gasteiger partial charge in [-0.15, -0.1) is 0 Å². The maximum atomic E-state index is 13.0. The first-order valence-corrected chi connectivity index (χ1v) is 10.6. The molecule has 2 aliphatic rings. The van der Waals surface area contributed by atoms with Gasteiger partial charge >= 0.3 is 0 Å². The highest BCUT2D eigenvalue weighted by Crippen LogP contribution is 2.31. The Morgan fingerprint density at radius 1 is 1.06 bits per heavy atom. The fourth-order valence-electron chi connectivity index (χ4n) is 4.20. The van der Waals surface area contributed by atoms with Crippen molar-refractivity contribution in [2.45, 2.75) is 26.4 Å². The smallest absolute Gasteiger partial charge is 0.267 e. The average Bonchev–Trinajstić information content (AvgIpc) is 3.29. The highest BCUT2D eigenvalue weighted by Gasteiger charge is 2.33. The molecule has 0 unspecified atom stereocenters. The summed E-state index contributed by atoms with van der Waals surface area (Å²) in [7, 11) is 0. The molecule has 10 nitrogen and oxygen atoms in total. The van der Waals surface area contributed by atoms with Crippen molar-refractivity contribution in [1.29, 1.82) is 0 Å². The first-order valence-electron chi connectivity index (χ1n) is 10.6. The third kappa shape index (κ3) is 3.61. The minimum atomic E-state index is -0.669. The molecule has 166 valence electrons. The molecule has 0 N–H and O–H groups in total. The summed E-state index contributed by atoms with van der Waals surface area (Å²) in [6, 6.07) is 7.32. The maximum absolute atomic E-state index is 13.0. The van der Waals surface area contributed by atoms with Crippen LogP contribution in [0.25, 0.3) is 5.78 Å². The highest BCUT2D eigenvalue weighted by molar-refractivity contribution is 5.83. The van der Waals surface area contributed by atoms with E-state index in [1.54, 1.807) is 20.4 Å². The van der Waals surface area contributed by atoms with Gasteiger partial charge in [0.05, 0.1) is 6.42 Å². The molecule has 32 heavy (non-hydrogen) atoms. The number of benzene rings is 1. The lowest BCUT2D eigenvalue weighted by atomic mass is 10.1. The van der Waals surface area contributed by atoms with Crippen molar-refractivity contribution in [3.8, 4) is 11.5 Å². The predicted molar refractivity (Wildman–Crippen MR) is 113 cm³/mol. The van der Waals surface area contributed by atoms with Gasteiger partial charge in [-0.25, -0.2) is 9.50 Å². The van der Waals surface area contributed by atoms with Gasteiger partial charge < -0.3 is 19.3 Å². The molecule has 5 rings (SSSR count). The molecule has 1 aromatic carbocycles. The van der Waals surface area contributed by atoms with Crippen LogP contribution in [0.5, 0.6) is 11.5 Å². The minimum absolute atomic E-state index is 0.00995. The number of fused-ring (bicyclic) bond motifs is 2. The van der Waals surface area contributed by atoms with E-state index in [0.717, 1.165) is 17.0 Å². The van der Waals surface area contributed by atoms with E-state index in [-0.39, 0.29) is 24.8 Å². The number of hydrogen-bond acceptors (Lipinski definition) is 7.